The van der Waals surface area contributed by atoms with Crippen LogP contribution < -0.4 is 0 Å². The van der Waals surface area contributed by atoms with Gasteiger partial charge in [-0.05, 0) is 33.4 Å². The Morgan fingerprint density at radius 2 is 1.03 bits per heavy atom. The molecule has 3 N–H and O–H groups in total. The van der Waals surface area contributed by atoms with Crippen LogP contribution in [0.4, 0.5) is 0 Å². The molecule has 0 amide bonds. The second-order valence-corrected chi connectivity index (χ2v) is 8.99. The van der Waals surface area contributed by atoms with E-state index in [9.17, 15) is 0 Å². The van der Waals surface area contributed by atoms with Crippen molar-refractivity contribution in [1.82, 2.24) is 0 Å². The van der Waals surface area contributed by atoms with Crippen LogP contribution in [0.15, 0.2) is 109 Å². The Morgan fingerprint density at radius 3 is 1.53 bits per heavy atom. The van der Waals surface area contributed by atoms with Crippen LogP contribution in [0.5, 0.6) is 0 Å². The van der Waals surface area contributed by atoms with Gasteiger partial charge in [-0.25, -0.2) is 4.57 Å². The quantitative estimate of drug-likeness (QED) is 0.316. The van der Waals surface area contributed by atoms with E-state index < -0.39 is 7.82 Å². The summed E-state index contributed by atoms with van der Waals surface area (Å²) in [5, 5.41) is 0. The van der Waals surface area contributed by atoms with Crippen molar-refractivity contribution in [1.29, 1.82) is 0 Å². The van der Waals surface area contributed by atoms with E-state index in [4.69, 9.17) is 19.2 Å². The third kappa shape index (κ3) is 6.03. The van der Waals surface area contributed by atoms with Crippen LogP contribution in [0.2, 0.25) is 0 Å². The van der Waals surface area contributed by atoms with Crippen molar-refractivity contribution in [2.75, 3.05) is 0 Å². The van der Waals surface area contributed by atoms with Crippen LogP contribution in [0.3, 0.4) is 0 Å². The zero-order chi connectivity index (χ0) is 23.2. The zero-order valence-corrected chi connectivity index (χ0v) is 19.0. The summed E-state index contributed by atoms with van der Waals surface area (Å²) >= 11 is 0. The van der Waals surface area contributed by atoms with E-state index in [1.165, 1.54) is 33.4 Å². The number of hydrogen-bond donors (Lipinski definition) is 3. The lowest BCUT2D eigenvalue weighted by Gasteiger charge is -2.30. The summed E-state index contributed by atoms with van der Waals surface area (Å²) in [6, 6.07) is 38.9. The summed E-state index contributed by atoms with van der Waals surface area (Å²) in [6.07, 6.45) is 0. The van der Waals surface area contributed by atoms with Gasteiger partial charge < -0.3 is 14.7 Å². The highest BCUT2D eigenvalue weighted by atomic mass is 31.2. The summed E-state index contributed by atoms with van der Waals surface area (Å²) in [7, 11) is -4.64. The highest BCUT2D eigenvalue weighted by Crippen LogP contribution is 2.42. The molecular weight excluding hydrogens is 419 g/mol. The van der Waals surface area contributed by atoms with Crippen LogP contribution in [0, 0.1) is 0 Å². The normalized spacial score (nSPS) is 11.4. The minimum absolute atomic E-state index is 0.1000. The van der Waals surface area contributed by atoms with Crippen molar-refractivity contribution in [3.05, 3.63) is 120 Å². The Balaban J connectivity index is 0.000000523. The number of benzene rings is 4. The van der Waals surface area contributed by atoms with Gasteiger partial charge in [0.2, 0.25) is 0 Å². The topological polar surface area (TPSA) is 77.8 Å². The molecule has 0 radical (unpaired) electrons. The van der Waals surface area contributed by atoms with Crippen molar-refractivity contribution in [2.45, 2.75) is 19.3 Å². The molecule has 0 fully saturated rings. The van der Waals surface area contributed by atoms with E-state index in [0.717, 1.165) is 0 Å². The summed E-state index contributed by atoms with van der Waals surface area (Å²) < 4.78 is 8.88. The van der Waals surface area contributed by atoms with Crippen molar-refractivity contribution in [3.63, 3.8) is 0 Å². The summed E-state index contributed by atoms with van der Waals surface area (Å²) in [6.45, 7) is 4.64. The predicted octanol–water partition coefficient (Wildman–Crippen LogP) is 6.42. The fraction of sp³-hybridized carbons (Fsp3) is 0.111. The SMILES string of the molecule is CC(C)(c1ccccc1)c1cccc(-c2ccccc2)c1-c1ccccc1.O=P(O)(O)O. The Bertz CT molecular complexity index is 1180. The lowest BCUT2D eigenvalue weighted by atomic mass is 9.73. The third-order valence-electron chi connectivity index (χ3n) is 5.38. The molecule has 0 aliphatic carbocycles. The predicted molar refractivity (Wildman–Crippen MR) is 130 cm³/mol. The maximum atomic E-state index is 8.88. The highest BCUT2D eigenvalue weighted by molar-refractivity contribution is 7.45. The minimum atomic E-state index is -4.64. The molecule has 5 heteroatoms. The summed E-state index contributed by atoms with van der Waals surface area (Å²) in [5.41, 5.74) is 7.69. The molecule has 0 aliphatic heterocycles. The molecule has 0 bridgehead atoms. The van der Waals surface area contributed by atoms with Gasteiger partial charge in [0.05, 0.1) is 0 Å². The lowest BCUT2D eigenvalue weighted by Crippen LogP contribution is -2.20. The van der Waals surface area contributed by atoms with E-state index in [1.807, 2.05) is 0 Å². The molecule has 0 heterocycles. The van der Waals surface area contributed by atoms with E-state index in [0.29, 0.717) is 0 Å². The Labute approximate surface area is 189 Å². The number of hydrogen-bond acceptors (Lipinski definition) is 1. The van der Waals surface area contributed by atoms with Crippen LogP contribution in [-0.4, -0.2) is 14.7 Å². The molecule has 164 valence electrons. The Kier molecular flexibility index (Phi) is 7.44. The van der Waals surface area contributed by atoms with Gasteiger partial charge in [0.15, 0.2) is 0 Å². The maximum absolute atomic E-state index is 8.88. The van der Waals surface area contributed by atoms with Crippen LogP contribution in [-0.2, 0) is 9.98 Å². The first-order chi connectivity index (χ1) is 15.2. The highest BCUT2D eigenvalue weighted by Gasteiger charge is 2.27. The van der Waals surface area contributed by atoms with Gasteiger partial charge >= 0.3 is 7.82 Å². The van der Waals surface area contributed by atoms with E-state index >= 15 is 0 Å². The van der Waals surface area contributed by atoms with Gasteiger partial charge in [-0.1, -0.05) is 123 Å². The molecule has 4 aromatic carbocycles. The van der Waals surface area contributed by atoms with Crippen LogP contribution in [0.1, 0.15) is 25.0 Å². The van der Waals surface area contributed by atoms with Crippen molar-refractivity contribution in [3.8, 4) is 22.3 Å². The zero-order valence-electron chi connectivity index (χ0n) is 18.1. The molecule has 32 heavy (non-hydrogen) atoms. The molecular formula is C27H27O4P. The fourth-order valence-electron chi connectivity index (χ4n) is 3.86. The second-order valence-electron chi connectivity index (χ2n) is 7.96. The average Bonchev–Trinajstić information content (AvgIpc) is 2.79. The fourth-order valence-corrected chi connectivity index (χ4v) is 3.86. The molecule has 4 aromatic rings. The van der Waals surface area contributed by atoms with Crippen molar-refractivity contribution >= 4 is 7.82 Å². The number of rotatable bonds is 4. The second kappa shape index (κ2) is 10.1. The molecule has 0 aromatic heterocycles. The molecule has 0 unspecified atom stereocenters. The smallest absolute Gasteiger partial charge is 0.303 e. The molecule has 0 atom stereocenters. The van der Waals surface area contributed by atoms with E-state index in [-0.39, 0.29) is 5.41 Å². The van der Waals surface area contributed by atoms with Crippen molar-refractivity contribution in [2.24, 2.45) is 0 Å². The average molecular weight is 446 g/mol. The molecule has 0 saturated heterocycles. The van der Waals surface area contributed by atoms with Crippen LogP contribution >= 0.6 is 7.82 Å². The Morgan fingerprint density at radius 1 is 0.594 bits per heavy atom. The van der Waals surface area contributed by atoms with Gasteiger partial charge in [0, 0.05) is 5.41 Å². The molecule has 0 aliphatic rings. The van der Waals surface area contributed by atoms with Gasteiger partial charge in [-0.2, -0.15) is 0 Å². The largest absolute Gasteiger partial charge is 0.466 e. The first kappa shape index (κ1) is 23.6. The molecule has 4 rings (SSSR count). The minimum Gasteiger partial charge on any atom is -0.303 e. The summed E-state index contributed by atoms with van der Waals surface area (Å²) in [4.78, 5) is 21.6. The van der Waals surface area contributed by atoms with Gasteiger partial charge in [-0.3, -0.25) is 0 Å². The summed E-state index contributed by atoms with van der Waals surface area (Å²) in [5.74, 6) is 0. The molecule has 4 nitrogen and oxygen atoms in total. The monoisotopic (exact) mass is 446 g/mol. The maximum Gasteiger partial charge on any atom is 0.466 e. The van der Waals surface area contributed by atoms with Crippen molar-refractivity contribution < 1.29 is 19.2 Å². The molecule has 0 saturated carbocycles. The first-order valence-corrected chi connectivity index (χ1v) is 11.8. The first-order valence-electron chi connectivity index (χ1n) is 10.3. The van der Waals surface area contributed by atoms with Gasteiger partial charge in [0.1, 0.15) is 0 Å². The van der Waals surface area contributed by atoms with E-state index in [1.54, 1.807) is 0 Å². The number of phosphoric acid groups is 1. The van der Waals surface area contributed by atoms with Gasteiger partial charge in [0.25, 0.3) is 0 Å². The van der Waals surface area contributed by atoms with E-state index in [2.05, 4.69) is 123 Å². The standard InChI is InChI=1S/C27H24.H3O4P/c1-27(2,23-17-10-5-11-18-23)25-20-12-19-24(21-13-6-3-7-14-21)26(25)22-15-8-4-9-16-22;1-5(2,3)4/h3-20H,1-2H3;(H3,1,2,3,4). The lowest BCUT2D eigenvalue weighted by molar-refractivity contribution is 0.275. The molecule has 0 spiro atoms. The van der Waals surface area contributed by atoms with Crippen LogP contribution in [0.25, 0.3) is 22.3 Å². The van der Waals surface area contributed by atoms with Gasteiger partial charge in [-0.15, -0.1) is 0 Å². The Hall–Kier alpha value is -3.01. The third-order valence-corrected chi connectivity index (χ3v) is 5.38.